The fourth-order valence-electron chi connectivity index (χ4n) is 4.69. The number of amides is 3. The van der Waals surface area contributed by atoms with Crippen molar-refractivity contribution in [3.8, 4) is 17.0 Å². The Morgan fingerprint density at radius 2 is 1.76 bits per heavy atom. The summed E-state index contributed by atoms with van der Waals surface area (Å²) in [4.78, 5) is 48.0. The van der Waals surface area contributed by atoms with Crippen LogP contribution in [0, 0.1) is 18.6 Å². The van der Waals surface area contributed by atoms with Crippen molar-refractivity contribution in [2.24, 2.45) is 0 Å². The molecule has 246 valence electrons. The van der Waals surface area contributed by atoms with E-state index in [9.17, 15) is 27.6 Å². The molecule has 4 N–H and O–H groups in total. The zero-order valence-electron chi connectivity index (χ0n) is 25.2. The predicted octanol–water partition coefficient (Wildman–Crippen LogP) is 5.11. The van der Waals surface area contributed by atoms with E-state index in [-0.39, 0.29) is 47.2 Å². The summed E-state index contributed by atoms with van der Waals surface area (Å²) in [5, 5.41) is 11.2. The maximum absolute atomic E-state index is 15.0. The standard InChI is InChI=1S/C30H32F5N7O4/c1-4-12-37-26(43)17-11-10-16(3)21(24(17)46-27(44)30(33,34)35)22-18-15-39-29(45)42(23-19(31)8-6-9-20(23)32)25(18)41-28(40-22)38-14-7-13-36-5-2/h6,8-11,36H,4-5,7,12-15H2,1-3H3,(H,37,43)(H,39,45)(H,38,40,41). The zero-order chi connectivity index (χ0) is 33.6. The summed E-state index contributed by atoms with van der Waals surface area (Å²) in [6, 6.07) is 4.69. The largest absolute Gasteiger partial charge is 0.491 e. The molecule has 2 aromatic carbocycles. The highest BCUT2D eigenvalue weighted by Gasteiger charge is 2.43. The molecule has 0 radical (unpaired) electrons. The van der Waals surface area contributed by atoms with Crippen molar-refractivity contribution in [1.82, 2.24) is 25.9 Å². The molecule has 2 heterocycles. The van der Waals surface area contributed by atoms with Gasteiger partial charge in [-0.1, -0.05) is 26.0 Å². The van der Waals surface area contributed by atoms with Crippen LogP contribution < -0.4 is 30.9 Å². The second-order valence-electron chi connectivity index (χ2n) is 10.2. The molecule has 0 bridgehead atoms. The van der Waals surface area contributed by atoms with Gasteiger partial charge in [0.05, 0.1) is 17.8 Å². The smallest absolute Gasteiger partial charge is 0.418 e. The maximum Gasteiger partial charge on any atom is 0.491 e. The van der Waals surface area contributed by atoms with Crippen LogP contribution in [0.25, 0.3) is 11.3 Å². The number of esters is 1. The van der Waals surface area contributed by atoms with E-state index in [1.807, 2.05) is 6.92 Å². The monoisotopic (exact) mass is 649 g/mol. The van der Waals surface area contributed by atoms with Crippen LogP contribution in [-0.4, -0.2) is 60.2 Å². The molecule has 1 aliphatic rings. The average molecular weight is 650 g/mol. The van der Waals surface area contributed by atoms with Crippen LogP contribution in [0.4, 0.5) is 44.2 Å². The quantitative estimate of drug-likeness (QED) is 0.0920. The molecule has 1 aliphatic heterocycles. The van der Waals surface area contributed by atoms with Crippen LogP contribution in [0.2, 0.25) is 0 Å². The molecule has 3 aromatic rings. The number of hydrogen-bond donors (Lipinski definition) is 4. The Labute approximate surface area is 260 Å². The number of urea groups is 1. The van der Waals surface area contributed by atoms with Gasteiger partial charge in [-0.15, -0.1) is 0 Å². The van der Waals surface area contributed by atoms with Gasteiger partial charge in [-0.2, -0.15) is 18.2 Å². The Morgan fingerprint density at radius 3 is 2.41 bits per heavy atom. The third-order valence-corrected chi connectivity index (χ3v) is 6.85. The molecule has 0 unspecified atom stereocenters. The van der Waals surface area contributed by atoms with Crippen molar-refractivity contribution in [2.45, 2.75) is 46.3 Å². The number of carbonyl (C=O) groups excluding carboxylic acids is 3. The molecule has 16 heteroatoms. The summed E-state index contributed by atoms with van der Waals surface area (Å²) in [6.07, 6.45) is -4.33. The molecule has 0 aliphatic carbocycles. The topological polar surface area (TPSA) is 138 Å². The first-order chi connectivity index (χ1) is 21.9. The number of alkyl halides is 3. The number of fused-ring (bicyclic) bond motifs is 1. The second kappa shape index (κ2) is 14.5. The van der Waals surface area contributed by atoms with E-state index in [1.54, 1.807) is 6.92 Å². The van der Waals surface area contributed by atoms with Crippen molar-refractivity contribution < 1.29 is 41.1 Å². The van der Waals surface area contributed by atoms with E-state index in [2.05, 4.69) is 31.2 Å². The van der Waals surface area contributed by atoms with Crippen molar-refractivity contribution in [1.29, 1.82) is 0 Å². The van der Waals surface area contributed by atoms with E-state index in [4.69, 9.17) is 4.74 Å². The Hall–Kier alpha value is -4.86. The van der Waals surface area contributed by atoms with E-state index >= 15 is 8.78 Å². The van der Waals surface area contributed by atoms with Gasteiger partial charge in [0, 0.05) is 24.2 Å². The number of aromatic nitrogens is 2. The van der Waals surface area contributed by atoms with Crippen LogP contribution in [0.15, 0.2) is 30.3 Å². The fourth-order valence-corrected chi connectivity index (χ4v) is 4.69. The van der Waals surface area contributed by atoms with Gasteiger partial charge in [-0.25, -0.2) is 28.3 Å². The summed E-state index contributed by atoms with van der Waals surface area (Å²) >= 11 is 0. The van der Waals surface area contributed by atoms with Crippen molar-refractivity contribution in [2.75, 3.05) is 36.4 Å². The molecular weight excluding hydrogens is 617 g/mol. The zero-order valence-corrected chi connectivity index (χ0v) is 25.2. The maximum atomic E-state index is 15.0. The van der Waals surface area contributed by atoms with Gasteiger partial charge in [0.1, 0.15) is 17.3 Å². The number of anilines is 3. The first-order valence-electron chi connectivity index (χ1n) is 14.5. The molecular formula is C30H32F5N7O4. The Kier molecular flexibility index (Phi) is 10.7. The number of nitrogens with zero attached hydrogens (tertiary/aromatic N) is 3. The van der Waals surface area contributed by atoms with Crippen molar-refractivity contribution in [3.05, 3.63) is 58.7 Å². The summed E-state index contributed by atoms with van der Waals surface area (Å²) in [7, 11) is 0. The minimum absolute atomic E-state index is 0.0268. The summed E-state index contributed by atoms with van der Waals surface area (Å²) < 4.78 is 75.4. The first-order valence-corrected chi connectivity index (χ1v) is 14.5. The molecule has 3 amide bonds. The molecule has 0 saturated carbocycles. The lowest BCUT2D eigenvalue weighted by Crippen LogP contribution is -2.43. The highest BCUT2D eigenvalue weighted by atomic mass is 19.4. The van der Waals surface area contributed by atoms with Gasteiger partial charge < -0.3 is 26.0 Å². The molecule has 4 rings (SSSR count). The van der Waals surface area contributed by atoms with E-state index in [1.165, 1.54) is 19.1 Å². The predicted molar refractivity (Wildman–Crippen MR) is 159 cm³/mol. The second-order valence-corrected chi connectivity index (χ2v) is 10.2. The third kappa shape index (κ3) is 7.33. The Morgan fingerprint density at radius 1 is 1.04 bits per heavy atom. The third-order valence-electron chi connectivity index (χ3n) is 6.85. The SMILES string of the molecule is CCCNC(=O)c1ccc(C)c(-c2nc(NCCCNCC)nc3c2CNC(=O)N3c2c(F)cccc2F)c1OC(=O)C(F)(F)F. The van der Waals surface area contributed by atoms with Gasteiger partial charge in [-0.05, 0) is 56.6 Å². The Bertz CT molecular complexity index is 1610. The van der Waals surface area contributed by atoms with Crippen molar-refractivity contribution >= 4 is 35.4 Å². The lowest BCUT2D eigenvalue weighted by molar-refractivity contribution is -0.189. The molecule has 0 fully saturated rings. The lowest BCUT2D eigenvalue weighted by Gasteiger charge is -2.31. The van der Waals surface area contributed by atoms with Crippen LogP contribution in [0.5, 0.6) is 5.75 Å². The molecule has 11 nitrogen and oxygen atoms in total. The number of rotatable bonds is 12. The summed E-state index contributed by atoms with van der Waals surface area (Å²) in [5.74, 6) is -6.74. The number of hydrogen-bond acceptors (Lipinski definition) is 8. The number of halogens is 5. The van der Waals surface area contributed by atoms with Gasteiger partial charge in [0.2, 0.25) is 5.95 Å². The number of ether oxygens (including phenoxy) is 1. The highest BCUT2D eigenvalue weighted by Crippen LogP contribution is 2.43. The summed E-state index contributed by atoms with van der Waals surface area (Å²) in [6.45, 7) is 6.66. The normalized spacial score (nSPS) is 12.8. The lowest BCUT2D eigenvalue weighted by atomic mass is 9.95. The molecule has 1 aromatic heterocycles. The van der Waals surface area contributed by atoms with Gasteiger partial charge in [-0.3, -0.25) is 4.79 Å². The minimum atomic E-state index is -5.42. The summed E-state index contributed by atoms with van der Waals surface area (Å²) in [5.41, 5.74) is -1.22. The van der Waals surface area contributed by atoms with Gasteiger partial charge in [0.25, 0.3) is 5.91 Å². The van der Waals surface area contributed by atoms with E-state index in [0.717, 1.165) is 24.7 Å². The molecule has 46 heavy (non-hydrogen) atoms. The number of aryl methyl sites for hydroxylation is 1. The number of benzene rings is 2. The van der Waals surface area contributed by atoms with Gasteiger partial charge in [0.15, 0.2) is 11.6 Å². The fraction of sp³-hybridized carbons (Fsp3) is 0.367. The molecule has 0 atom stereocenters. The molecule has 0 spiro atoms. The number of para-hydroxylation sites is 1. The van der Waals surface area contributed by atoms with Crippen LogP contribution >= 0.6 is 0 Å². The minimum Gasteiger partial charge on any atom is -0.418 e. The van der Waals surface area contributed by atoms with Crippen LogP contribution in [0.1, 0.15) is 48.2 Å². The van der Waals surface area contributed by atoms with Crippen LogP contribution in [0.3, 0.4) is 0 Å². The van der Waals surface area contributed by atoms with Crippen molar-refractivity contribution in [3.63, 3.8) is 0 Å². The Balaban J connectivity index is 2.01. The highest BCUT2D eigenvalue weighted by molar-refractivity contribution is 6.04. The van der Waals surface area contributed by atoms with Gasteiger partial charge >= 0.3 is 18.2 Å². The average Bonchev–Trinajstić information content (AvgIpc) is 3.00. The van der Waals surface area contributed by atoms with Crippen LogP contribution in [-0.2, 0) is 11.3 Å². The number of carbonyl (C=O) groups is 3. The van der Waals surface area contributed by atoms with E-state index < -0.39 is 52.7 Å². The number of nitrogens with one attached hydrogen (secondary N) is 4. The first kappa shape index (κ1) is 34.0. The van der Waals surface area contributed by atoms with E-state index in [0.29, 0.717) is 30.8 Å². The molecule has 0 saturated heterocycles.